The highest BCUT2D eigenvalue weighted by Gasteiger charge is 2.28. The van der Waals surface area contributed by atoms with Crippen LogP contribution in [-0.4, -0.2) is 30.4 Å². The second-order valence-electron chi connectivity index (χ2n) is 7.24. The van der Waals surface area contributed by atoms with E-state index in [0.29, 0.717) is 11.9 Å². The maximum absolute atomic E-state index is 12.8. The Balaban J connectivity index is 1.60. The highest BCUT2D eigenvalue weighted by atomic mass is 16.2. The SMILES string of the molecule is Cc1ccc(C2CCCCN2C(=O)CCC2CCNCC2)cc1. The molecule has 2 aliphatic rings. The van der Waals surface area contributed by atoms with Gasteiger partial charge < -0.3 is 10.2 Å². The zero-order valence-electron chi connectivity index (χ0n) is 14.4. The van der Waals surface area contributed by atoms with Crippen LogP contribution >= 0.6 is 0 Å². The van der Waals surface area contributed by atoms with Gasteiger partial charge in [-0.05, 0) is 70.0 Å². The minimum absolute atomic E-state index is 0.296. The molecular formula is C20H30N2O. The molecule has 2 heterocycles. The number of aryl methyl sites for hydroxylation is 1. The van der Waals surface area contributed by atoms with Crippen LogP contribution in [0.1, 0.15) is 62.1 Å². The number of nitrogens with one attached hydrogen (secondary N) is 1. The van der Waals surface area contributed by atoms with Gasteiger partial charge in [-0.15, -0.1) is 0 Å². The smallest absolute Gasteiger partial charge is 0.223 e. The molecule has 1 atom stereocenters. The molecule has 0 spiro atoms. The van der Waals surface area contributed by atoms with Crippen molar-refractivity contribution in [2.24, 2.45) is 5.92 Å². The van der Waals surface area contributed by atoms with E-state index in [0.717, 1.165) is 51.2 Å². The number of hydrogen-bond acceptors (Lipinski definition) is 2. The largest absolute Gasteiger partial charge is 0.336 e. The van der Waals surface area contributed by atoms with Gasteiger partial charge in [0.2, 0.25) is 5.91 Å². The van der Waals surface area contributed by atoms with Gasteiger partial charge in [-0.25, -0.2) is 0 Å². The molecule has 3 nitrogen and oxygen atoms in total. The topological polar surface area (TPSA) is 32.3 Å². The number of amides is 1. The average Bonchev–Trinajstić information content (AvgIpc) is 2.61. The lowest BCUT2D eigenvalue weighted by molar-refractivity contribution is -0.135. The number of hydrogen-bond donors (Lipinski definition) is 1. The van der Waals surface area contributed by atoms with Crippen molar-refractivity contribution in [1.29, 1.82) is 0 Å². The second kappa shape index (κ2) is 7.96. The van der Waals surface area contributed by atoms with E-state index in [2.05, 4.69) is 41.4 Å². The van der Waals surface area contributed by atoms with Gasteiger partial charge in [-0.2, -0.15) is 0 Å². The molecule has 0 radical (unpaired) electrons. The summed E-state index contributed by atoms with van der Waals surface area (Å²) < 4.78 is 0. The first-order chi connectivity index (χ1) is 11.2. The maximum atomic E-state index is 12.8. The number of carbonyl (C=O) groups excluding carboxylic acids is 1. The molecule has 2 saturated heterocycles. The van der Waals surface area contributed by atoms with Gasteiger partial charge in [-0.1, -0.05) is 29.8 Å². The Kier molecular flexibility index (Phi) is 5.71. The predicted molar refractivity (Wildman–Crippen MR) is 94.3 cm³/mol. The summed E-state index contributed by atoms with van der Waals surface area (Å²) in [6.07, 6.45) is 7.76. The van der Waals surface area contributed by atoms with E-state index in [1.54, 1.807) is 0 Å². The van der Waals surface area contributed by atoms with E-state index < -0.39 is 0 Å². The van der Waals surface area contributed by atoms with Crippen LogP contribution in [0.3, 0.4) is 0 Å². The van der Waals surface area contributed by atoms with Crippen LogP contribution < -0.4 is 5.32 Å². The molecule has 1 amide bonds. The predicted octanol–water partition coefficient (Wildman–Crippen LogP) is 3.83. The number of likely N-dealkylation sites (tertiary alicyclic amines) is 1. The lowest BCUT2D eigenvalue weighted by Gasteiger charge is -2.36. The van der Waals surface area contributed by atoms with Gasteiger partial charge in [0, 0.05) is 13.0 Å². The molecule has 0 aliphatic carbocycles. The molecule has 2 fully saturated rings. The molecule has 0 aromatic heterocycles. The first-order valence-electron chi connectivity index (χ1n) is 9.31. The van der Waals surface area contributed by atoms with E-state index in [4.69, 9.17) is 0 Å². The van der Waals surface area contributed by atoms with Crippen molar-refractivity contribution in [3.05, 3.63) is 35.4 Å². The summed E-state index contributed by atoms with van der Waals surface area (Å²) in [5, 5.41) is 3.40. The zero-order chi connectivity index (χ0) is 16.1. The van der Waals surface area contributed by atoms with Gasteiger partial charge in [0.25, 0.3) is 0 Å². The van der Waals surface area contributed by atoms with Gasteiger partial charge in [0.05, 0.1) is 6.04 Å². The lowest BCUT2D eigenvalue weighted by Crippen LogP contribution is -2.38. The molecule has 0 saturated carbocycles. The summed E-state index contributed by atoms with van der Waals surface area (Å²) in [6, 6.07) is 9.05. The molecule has 0 bridgehead atoms. The fraction of sp³-hybridized carbons (Fsp3) is 0.650. The molecule has 3 heteroatoms. The Morgan fingerprint density at radius 3 is 2.61 bits per heavy atom. The molecule has 126 valence electrons. The standard InChI is InChI=1S/C20H30N2O/c1-16-5-8-18(9-6-16)19-4-2-3-15-22(19)20(23)10-7-17-11-13-21-14-12-17/h5-6,8-9,17,19,21H,2-4,7,10-15H2,1H3. The number of benzene rings is 1. The minimum Gasteiger partial charge on any atom is -0.336 e. The minimum atomic E-state index is 0.296. The van der Waals surface area contributed by atoms with E-state index in [1.165, 1.54) is 30.4 Å². The number of piperidine rings is 2. The molecule has 23 heavy (non-hydrogen) atoms. The number of rotatable bonds is 4. The first kappa shape index (κ1) is 16.5. The van der Waals surface area contributed by atoms with Gasteiger partial charge in [0.15, 0.2) is 0 Å². The molecular weight excluding hydrogens is 284 g/mol. The Morgan fingerprint density at radius 2 is 1.87 bits per heavy atom. The van der Waals surface area contributed by atoms with Crippen LogP contribution in [0.5, 0.6) is 0 Å². The summed E-state index contributed by atoms with van der Waals surface area (Å²) in [5.74, 6) is 1.11. The van der Waals surface area contributed by atoms with Crippen molar-refractivity contribution in [3.8, 4) is 0 Å². The van der Waals surface area contributed by atoms with Crippen LogP contribution in [0.25, 0.3) is 0 Å². The van der Waals surface area contributed by atoms with Gasteiger partial charge >= 0.3 is 0 Å². The van der Waals surface area contributed by atoms with Gasteiger partial charge in [0.1, 0.15) is 0 Å². The average molecular weight is 314 g/mol. The van der Waals surface area contributed by atoms with Crippen LogP contribution in [0.15, 0.2) is 24.3 Å². The van der Waals surface area contributed by atoms with Crippen molar-refractivity contribution in [1.82, 2.24) is 10.2 Å². The van der Waals surface area contributed by atoms with Crippen LogP contribution in [0.4, 0.5) is 0 Å². The zero-order valence-corrected chi connectivity index (χ0v) is 14.4. The van der Waals surface area contributed by atoms with E-state index >= 15 is 0 Å². The molecule has 3 rings (SSSR count). The van der Waals surface area contributed by atoms with Crippen LogP contribution in [0.2, 0.25) is 0 Å². The third kappa shape index (κ3) is 4.35. The number of carbonyl (C=O) groups is 1. The highest BCUT2D eigenvalue weighted by molar-refractivity contribution is 5.76. The van der Waals surface area contributed by atoms with Crippen molar-refractivity contribution in [3.63, 3.8) is 0 Å². The molecule has 1 unspecified atom stereocenters. The maximum Gasteiger partial charge on any atom is 0.223 e. The quantitative estimate of drug-likeness (QED) is 0.916. The Hall–Kier alpha value is -1.35. The fourth-order valence-electron chi connectivity index (χ4n) is 4.01. The first-order valence-corrected chi connectivity index (χ1v) is 9.31. The van der Waals surface area contributed by atoms with Crippen LogP contribution in [0, 0.1) is 12.8 Å². The highest BCUT2D eigenvalue weighted by Crippen LogP contribution is 2.32. The Bertz CT molecular complexity index is 505. The normalized spacial score (nSPS) is 23.0. The monoisotopic (exact) mass is 314 g/mol. The summed E-state index contributed by atoms with van der Waals surface area (Å²) in [5.41, 5.74) is 2.60. The Labute approximate surface area is 140 Å². The van der Waals surface area contributed by atoms with Crippen molar-refractivity contribution in [2.45, 2.75) is 57.9 Å². The third-order valence-electron chi connectivity index (χ3n) is 5.51. The van der Waals surface area contributed by atoms with E-state index in [-0.39, 0.29) is 0 Å². The van der Waals surface area contributed by atoms with Crippen molar-refractivity contribution in [2.75, 3.05) is 19.6 Å². The summed E-state index contributed by atoms with van der Waals surface area (Å²) in [4.78, 5) is 15.0. The summed E-state index contributed by atoms with van der Waals surface area (Å²) in [6.45, 7) is 5.29. The van der Waals surface area contributed by atoms with E-state index in [1.807, 2.05) is 0 Å². The van der Waals surface area contributed by atoms with E-state index in [9.17, 15) is 4.79 Å². The lowest BCUT2D eigenvalue weighted by atomic mass is 9.91. The molecule has 1 aromatic carbocycles. The third-order valence-corrected chi connectivity index (χ3v) is 5.51. The summed E-state index contributed by atoms with van der Waals surface area (Å²) >= 11 is 0. The van der Waals surface area contributed by atoms with Crippen LogP contribution in [-0.2, 0) is 4.79 Å². The van der Waals surface area contributed by atoms with Crippen molar-refractivity contribution < 1.29 is 4.79 Å². The molecule has 1 N–H and O–H groups in total. The Morgan fingerprint density at radius 1 is 1.13 bits per heavy atom. The molecule has 1 aromatic rings. The number of nitrogens with zero attached hydrogens (tertiary/aromatic N) is 1. The van der Waals surface area contributed by atoms with Gasteiger partial charge in [-0.3, -0.25) is 4.79 Å². The van der Waals surface area contributed by atoms with Crippen molar-refractivity contribution >= 4 is 5.91 Å². The fourth-order valence-corrected chi connectivity index (χ4v) is 4.01. The summed E-state index contributed by atoms with van der Waals surface area (Å²) in [7, 11) is 0. The molecule has 2 aliphatic heterocycles. The second-order valence-corrected chi connectivity index (χ2v) is 7.24.